The molecule has 0 spiro atoms. The Morgan fingerprint density at radius 2 is 1.83 bits per heavy atom. The molecule has 1 aliphatic carbocycles. The van der Waals surface area contributed by atoms with Gasteiger partial charge in [-0.05, 0) is 30.5 Å². The van der Waals surface area contributed by atoms with E-state index >= 15 is 0 Å². The molecule has 0 radical (unpaired) electrons. The molecule has 0 bridgehead atoms. The highest BCUT2D eigenvalue weighted by atomic mass is 32.2. The van der Waals surface area contributed by atoms with E-state index in [0.29, 0.717) is 12.8 Å². The number of sulfone groups is 1. The first kappa shape index (κ1) is 13.0. The molecule has 1 aromatic rings. The van der Waals surface area contributed by atoms with Gasteiger partial charge in [0.1, 0.15) is 5.82 Å². The Kier molecular flexibility index (Phi) is 3.38. The molecule has 1 atom stereocenters. The van der Waals surface area contributed by atoms with E-state index in [1.165, 1.54) is 12.1 Å². The van der Waals surface area contributed by atoms with E-state index in [4.69, 9.17) is 5.73 Å². The molecular weight excluding hydrogens is 257 g/mol. The molecule has 0 aliphatic heterocycles. The number of carbonyl (C=O) groups excluding carboxylic acids is 1. The Hall–Kier alpha value is -1.43. The molecule has 1 unspecified atom stereocenters. The average Bonchev–Trinajstić information content (AvgIpc) is 2.16. The molecule has 2 rings (SSSR count). The lowest BCUT2D eigenvalue weighted by Gasteiger charge is -2.28. The lowest BCUT2D eigenvalue weighted by Crippen LogP contribution is -2.38. The number of benzene rings is 1. The topological polar surface area (TPSA) is 77.2 Å². The van der Waals surface area contributed by atoms with E-state index in [2.05, 4.69) is 0 Å². The first-order valence-corrected chi connectivity index (χ1v) is 7.31. The van der Waals surface area contributed by atoms with Crippen molar-refractivity contribution in [3.8, 4) is 0 Å². The summed E-state index contributed by atoms with van der Waals surface area (Å²) in [6.45, 7) is 0. The van der Waals surface area contributed by atoms with Crippen LogP contribution in [0.3, 0.4) is 0 Å². The molecule has 6 heteroatoms. The predicted octanol–water partition coefficient (Wildman–Crippen LogP) is 1.32. The summed E-state index contributed by atoms with van der Waals surface area (Å²) < 4.78 is 37.3. The Labute approximate surface area is 105 Å². The number of hydrogen-bond acceptors (Lipinski definition) is 3. The molecule has 1 aromatic carbocycles. The number of rotatable bonds is 4. The summed E-state index contributed by atoms with van der Waals surface area (Å²) in [5.74, 6) is -1.39. The third-order valence-electron chi connectivity index (χ3n) is 3.28. The van der Waals surface area contributed by atoms with Crippen LogP contribution in [-0.2, 0) is 14.6 Å². The van der Waals surface area contributed by atoms with Crippen LogP contribution in [0.2, 0.25) is 0 Å². The van der Waals surface area contributed by atoms with E-state index in [1.54, 1.807) is 0 Å². The van der Waals surface area contributed by atoms with Gasteiger partial charge in [-0.2, -0.15) is 0 Å². The number of primary amides is 1. The van der Waals surface area contributed by atoms with Gasteiger partial charge in [0.2, 0.25) is 5.91 Å². The summed E-state index contributed by atoms with van der Waals surface area (Å²) in [5.41, 5.74) is 5.43. The van der Waals surface area contributed by atoms with E-state index < -0.39 is 32.1 Å². The fraction of sp³-hybridized carbons (Fsp3) is 0.417. The second kappa shape index (κ2) is 4.68. The maximum atomic E-state index is 12.8. The minimum Gasteiger partial charge on any atom is -0.368 e. The maximum absolute atomic E-state index is 12.8. The standard InChI is InChI=1S/C12H14FNO3S/c13-9-6-4-8(5-7-9)11(12(14)15)18(16,17)10-2-1-3-10/h4-7,10-11H,1-3H2,(H2,14,15). The van der Waals surface area contributed by atoms with Crippen molar-refractivity contribution in [3.05, 3.63) is 35.6 Å². The number of halogens is 1. The quantitative estimate of drug-likeness (QED) is 0.897. The van der Waals surface area contributed by atoms with E-state index in [0.717, 1.165) is 18.6 Å². The Bertz CT molecular complexity index is 549. The minimum absolute atomic E-state index is 0.232. The summed E-state index contributed by atoms with van der Waals surface area (Å²) in [5, 5.41) is -1.87. The number of carbonyl (C=O) groups is 1. The van der Waals surface area contributed by atoms with Crippen LogP contribution in [0.25, 0.3) is 0 Å². The summed E-state index contributed by atoms with van der Waals surface area (Å²) in [7, 11) is -3.63. The van der Waals surface area contributed by atoms with Gasteiger partial charge in [-0.1, -0.05) is 18.6 Å². The van der Waals surface area contributed by atoms with Crippen molar-refractivity contribution in [2.45, 2.75) is 29.8 Å². The zero-order chi connectivity index (χ0) is 13.3. The summed E-state index contributed by atoms with van der Waals surface area (Å²) in [6.07, 6.45) is 1.97. The van der Waals surface area contributed by atoms with Crippen molar-refractivity contribution >= 4 is 15.7 Å². The third-order valence-corrected chi connectivity index (χ3v) is 5.84. The molecular formula is C12H14FNO3S. The molecule has 1 aliphatic rings. The Balaban J connectivity index is 2.40. The number of hydrogen-bond donors (Lipinski definition) is 1. The summed E-state index contributed by atoms with van der Waals surface area (Å²) >= 11 is 0. The summed E-state index contributed by atoms with van der Waals surface area (Å²) in [4.78, 5) is 11.4. The second-order valence-electron chi connectivity index (χ2n) is 4.48. The first-order chi connectivity index (χ1) is 8.43. The lowest BCUT2D eigenvalue weighted by molar-refractivity contribution is -0.117. The maximum Gasteiger partial charge on any atom is 0.240 e. The normalized spacial score (nSPS) is 18.1. The smallest absolute Gasteiger partial charge is 0.240 e. The highest BCUT2D eigenvalue weighted by Gasteiger charge is 2.41. The molecule has 1 fully saturated rings. The van der Waals surface area contributed by atoms with Crippen LogP contribution in [0.5, 0.6) is 0 Å². The molecule has 0 aromatic heterocycles. The van der Waals surface area contributed by atoms with Crippen LogP contribution in [0.4, 0.5) is 4.39 Å². The molecule has 0 heterocycles. The van der Waals surface area contributed by atoms with Crippen LogP contribution < -0.4 is 5.73 Å². The molecule has 2 N–H and O–H groups in total. The Morgan fingerprint density at radius 1 is 1.28 bits per heavy atom. The van der Waals surface area contributed by atoms with Gasteiger partial charge in [-0.3, -0.25) is 4.79 Å². The van der Waals surface area contributed by atoms with Crippen molar-refractivity contribution in [2.24, 2.45) is 5.73 Å². The van der Waals surface area contributed by atoms with Crippen molar-refractivity contribution in [3.63, 3.8) is 0 Å². The second-order valence-corrected chi connectivity index (χ2v) is 6.79. The van der Waals surface area contributed by atoms with Gasteiger partial charge < -0.3 is 5.73 Å². The van der Waals surface area contributed by atoms with Crippen LogP contribution in [0, 0.1) is 5.82 Å². The van der Waals surface area contributed by atoms with Gasteiger partial charge in [0.25, 0.3) is 0 Å². The fourth-order valence-corrected chi connectivity index (χ4v) is 4.28. The molecule has 98 valence electrons. The number of nitrogens with two attached hydrogens (primary N) is 1. The van der Waals surface area contributed by atoms with Crippen molar-refractivity contribution in [1.82, 2.24) is 0 Å². The van der Waals surface area contributed by atoms with E-state index in [1.807, 2.05) is 0 Å². The zero-order valence-corrected chi connectivity index (χ0v) is 10.5. The Morgan fingerprint density at radius 3 is 2.22 bits per heavy atom. The first-order valence-electron chi connectivity index (χ1n) is 5.70. The van der Waals surface area contributed by atoms with Gasteiger partial charge in [-0.15, -0.1) is 0 Å². The monoisotopic (exact) mass is 271 g/mol. The molecule has 18 heavy (non-hydrogen) atoms. The van der Waals surface area contributed by atoms with Gasteiger partial charge >= 0.3 is 0 Å². The van der Waals surface area contributed by atoms with E-state index in [9.17, 15) is 17.6 Å². The van der Waals surface area contributed by atoms with Crippen LogP contribution in [0.1, 0.15) is 30.1 Å². The third kappa shape index (κ3) is 2.25. The summed E-state index contributed by atoms with van der Waals surface area (Å²) in [6, 6.07) is 4.84. The van der Waals surface area contributed by atoms with Crippen LogP contribution in [0.15, 0.2) is 24.3 Å². The predicted molar refractivity (Wildman–Crippen MR) is 64.9 cm³/mol. The molecule has 4 nitrogen and oxygen atoms in total. The highest BCUT2D eigenvalue weighted by molar-refractivity contribution is 7.93. The average molecular weight is 271 g/mol. The molecule has 1 saturated carbocycles. The number of amides is 1. The van der Waals surface area contributed by atoms with E-state index in [-0.39, 0.29) is 5.56 Å². The van der Waals surface area contributed by atoms with Crippen molar-refractivity contribution in [1.29, 1.82) is 0 Å². The van der Waals surface area contributed by atoms with Crippen LogP contribution in [-0.4, -0.2) is 19.6 Å². The highest BCUT2D eigenvalue weighted by Crippen LogP contribution is 2.35. The minimum atomic E-state index is -3.63. The van der Waals surface area contributed by atoms with Gasteiger partial charge in [0.15, 0.2) is 15.1 Å². The van der Waals surface area contributed by atoms with Crippen molar-refractivity contribution in [2.75, 3.05) is 0 Å². The molecule has 0 saturated heterocycles. The SMILES string of the molecule is NC(=O)C(c1ccc(F)cc1)S(=O)(=O)C1CCC1. The van der Waals surface area contributed by atoms with Gasteiger partial charge in [0.05, 0.1) is 5.25 Å². The largest absolute Gasteiger partial charge is 0.368 e. The van der Waals surface area contributed by atoms with Gasteiger partial charge in [0, 0.05) is 0 Å². The lowest BCUT2D eigenvalue weighted by atomic mass is 10.00. The zero-order valence-electron chi connectivity index (χ0n) is 9.67. The fourth-order valence-electron chi connectivity index (χ4n) is 2.05. The van der Waals surface area contributed by atoms with Gasteiger partial charge in [-0.25, -0.2) is 12.8 Å². The van der Waals surface area contributed by atoms with Crippen LogP contribution >= 0.6 is 0 Å². The molecule has 1 amide bonds. The van der Waals surface area contributed by atoms with Crippen molar-refractivity contribution < 1.29 is 17.6 Å².